The first-order valence-corrected chi connectivity index (χ1v) is 7.82. The molecular weight excluding hydrogens is 294 g/mol. The lowest BCUT2D eigenvalue weighted by atomic mass is 10.1. The minimum atomic E-state index is -0.500. The molecule has 128 valence electrons. The average molecular weight is 321 g/mol. The molecule has 2 amide bonds. The number of amides is 2. The average Bonchev–Trinajstić information content (AvgIpc) is 2.44. The Morgan fingerprint density at radius 3 is 2.48 bits per heavy atom. The Balaban J connectivity index is 2.46. The van der Waals surface area contributed by atoms with Gasteiger partial charge in [0.25, 0.3) is 0 Å². The van der Waals surface area contributed by atoms with Crippen LogP contribution in [0.2, 0.25) is 0 Å². The van der Waals surface area contributed by atoms with E-state index in [4.69, 9.17) is 4.74 Å². The summed E-state index contributed by atoms with van der Waals surface area (Å²) in [4.78, 5) is 23.0. The summed E-state index contributed by atoms with van der Waals surface area (Å²) in [7, 11) is 0. The molecule has 23 heavy (non-hydrogen) atoms. The zero-order valence-electron chi connectivity index (χ0n) is 14.6. The third-order valence-electron chi connectivity index (χ3n) is 2.95. The summed E-state index contributed by atoms with van der Waals surface area (Å²) >= 11 is 0. The van der Waals surface area contributed by atoms with Gasteiger partial charge in [-0.1, -0.05) is 13.0 Å². The molecular formula is C17H27N3O3. The Kier molecular flexibility index (Phi) is 6.88. The first-order chi connectivity index (χ1) is 10.7. The molecule has 6 nitrogen and oxygen atoms in total. The van der Waals surface area contributed by atoms with Gasteiger partial charge in [0, 0.05) is 30.9 Å². The molecule has 0 bridgehead atoms. The molecule has 0 fully saturated rings. The fraction of sp³-hybridized carbons (Fsp3) is 0.529. The number of aryl methyl sites for hydroxylation is 1. The van der Waals surface area contributed by atoms with Crippen LogP contribution in [0.4, 0.5) is 16.2 Å². The van der Waals surface area contributed by atoms with E-state index in [0.717, 1.165) is 16.9 Å². The van der Waals surface area contributed by atoms with Crippen LogP contribution in [-0.4, -0.2) is 30.7 Å². The number of rotatable bonds is 6. The number of alkyl carbamates (subject to hydrolysis) is 1. The summed E-state index contributed by atoms with van der Waals surface area (Å²) in [5.41, 5.74) is 2.24. The summed E-state index contributed by atoms with van der Waals surface area (Å²) in [5, 5.41) is 8.76. The van der Waals surface area contributed by atoms with Gasteiger partial charge < -0.3 is 20.7 Å². The van der Waals surface area contributed by atoms with Crippen molar-refractivity contribution >= 4 is 23.4 Å². The van der Waals surface area contributed by atoms with Crippen molar-refractivity contribution in [3.63, 3.8) is 0 Å². The van der Waals surface area contributed by atoms with E-state index in [1.165, 1.54) is 0 Å². The number of hydrogen-bond acceptors (Lipinski definition) is 4. The largest absolute Gasteiger partial charge is 0.444 e. The van der Waals surface area contributed by atoms with E-state index in [-0.39, 0.29) is 5.91 Å². The van der Waals surface area contributed by atoms with E-state index >= 15 is 0 Å². The van der Waals surface area contributed by atoms with E-state index in [2.05, 4.69) is 16.0 Å². The van der Waals surface area contributed by atoms with Gasteiger partial charge >= 0.3 is 6.09 Å². The fourth-order valence-electron chi connectivity index (χ4n) is 1.82. The molecule has 0 aliphatic heterocycles. The molecule has 0 saturated heterocycles. The highest BCUT2D eigenvalue weighted by atomic mass is 16.6. The molecule has 1 aromatic rings. The van der Waals surface area contributed by atoms with Crippen molar-refractivity contribution in [3.05, 3.63) is 23.8 Å². The second-order valence-corrected chi connectivity index (χ2v) is 6.29. The van der Waals surface area contributed by atoms with Crippen LogP contribution in [0.15, 0.2) is 18.2 Å². The molecule has 0 heterocycles. The number of benzene rings is 1. The maximum absolute atomic E-state index is 11.5. The molecule has 0 spiro atoms. The van der Waals surface area contributed by atoms with Gasteiger partial charge in [0.05, 0.1) is 0 Å². The van der Waals surface area contributed by atoms with Crippen LogP contribution in [0.5, 0.6) is 0 Å². The summed E-state index contributed by atoms with van der Waals surface area (Å²) in [6.45, 7) is 10.3. The van der Waals surface area contributed by atoms with Crippen molar-refractivity contribution in [2.75, 3.05) is 23.7 Å². The number of carbonyl (C=O) groups is 2. The predicted molar refractivity (Wildman–Crippen MR) is 92.8 cm³/mol. The van der Waals surface area contributed by atoms with Gasteiger partial charge in [0.1, 0.15) is 5.60 Å². The minimum absolute atomic E-state index is 0.0219. The first kappa shape index (κ1) is 18.8. The Hall–Kier alpha value is -2.24. The van der Waals surface area contributed by atoms with Crippen molar-refractivity contribution in [1.82, 2.24) is 5.32 Å². The van der Waals surface area contributed by atoms with Crippen molar-refractivity contribution in [2.45, 2.75) is 46.6 Å². The Bertz CT molecular complexity index is 551. The van der Waals surface area contributed by atoms with Gasteiger partial charge in [-0.15, -0.1) is 0 Å². The van der Waals surface area contributed by atoms with Crippen LogP contribution >= 0.6 is 0 Å². The lowest BCUT2D eigenvalue weighted by Crippen LogP contribution is -2.35. The highest BCUT2D eigenvalue weighted by Gasteiger charge is 2.15. The molecule has 1 rings (SSSR count). The first-order valence-electron chi connectivity index (χ1n) is 7.82. The lowest BCUT2D eigenvalue weighted by Gasteiger charge is -2.20. The molecule has 0 aliphatic rings. The van der Waals surface area contributed by atoms with Gasteiger partial charge in [0.15, 0.2) is 0 Å². The van der Waals surface area contributed by atoms with Crippen molar-refractivity contribution in [2.24, 2.45) is 0 Å². The number of carbonyl (C=O) groups excluding carboxylic acids is 2. The van der Waals surface area contributed by atoms with Gasteiger partial charge in [-0.3, -0.25) is 4.79 Å². The monoisotopic (exact) mass is 321 g/mol. The Morgan fingerprint density at radius 1 is 1.17 bits per heavy atom. The lowest BCUT2D eigenvalue weighted by molar-refractivity contribution is -0.115. The fourth-order valence-corrected chi connectivity index (χ4v) is 1.82. The highest BCUT2D eigenvalue weighted by Crippen LogP contribution is 2.20. The number of ether oxygens (including phenoxy) is 1. The van der Waals surface area contributed by atoms with Crippen molar-refractivity contribution in [1.29, 1.82) is 0 Å². The second-order valence-electron chi connectivity index (χ2n) is 6.29. The molecule has 0 atom stereocenters. The normalized spacial score (nSPS) is 10.8. The number of hydrogen-bond donors (Lipinski definition) is 3. The molecule has 3 N–H and O–H groups in total. The smallest absolute Gasteiger partial charge is 0.407 e. The molecule has 0 radical (unpaired) electrons. The third-order valence-corrected chi connectivity index (χ3v) is 2.95. The summed E-state index contributed by atoms with van der Waals surface area (Å²) in [6.07, 6.45) is 0.0103. The summed E-state index contributed by atoms with van der Waals surface area (Å²) < 4.78 is 5.16. The van der Waals surface area contributed by atoms with Crippen LogP contribution in [0.25, 0.3) is 0 Å². The van der Waals surface area contributed by atoms with Crippen LogP contribution in [0.1, 0.15) is 39.7 Å². The minimum Gasteiger partial charge on any atom is -0.444 e. The Labute approximate surface area is 138 Å². The second kappa shape index (κ2) is 8.41. The maximum Gasteiger partial charge on any atom is 0.407 e. The van der Waals surface area contributed by atoms with E-state index in [0.29, 0.717) is 19.5 Å². The van der Waals surface area contributed by atoms with Crippen LogP contribution in [0.3, 0.4) is 0 Å². The summed E-state index contributed by atoms with van der Waals surface area (Å²) in [6, 6.07) is 5.69. The zero-order valence-corrected chi connectivity index (χ0v) is 14.6. The van der Waals surface area contributed by atoms with Gasteiger partial charge in [-0.2, -0.15) is 0 Å². The van der Waals surface area contributed by atoms with E-state index in [1.54, 1.807) is 0 Å². The Morgan fingerprint density at radius 2 is 1.87 bits per heavy atom. The molecule has 0 aromatic heterocycles. The van der Waals surface area contributed by atoms with Crippen LogP contribution < -0.4 is 16.0 Å². The quantitative estimate of drug-likeness (QED) is 0.703. The molecule has 6 heteroatoms. The van der Waals surface area contributed by atoms with Crippen molar-refractivity contribution < 1.29 is 14.3 Å². The van der Waals surface area contributed by atoms with E-state index in [9.17, 15) is 9.59 Å². The number of anilines is 2. The van der Waals surface area contributed by atoms with Crippen molar-refractivity contribution in [3.8, 4) is 0 Å². The standard InChI is InChI=1S/C17H27N3O3/c1-6-15(21)20-13-8-7-12(2)14(11-13)18-9-10-19-16(22)23-17(3,4)5/h7-8,11,18H,6,9-10H2,1-5H3,(H,19,22)(H,20,21). The van der Waals surface area contributed by atoms with E-state index in [1.807, 2.05) is 52.8 Å². The summed E-state index contributed by atoms with van der Waals surface area (Å²) in [5.74, 6) is -0.0219. The third kappa shape index (κ3) is 7.54. The van der Waals surface area contributed by atoms with Gasteiger partial charge in [-0.25, -0.2) is 4.79 Å². The van der Waals surface area contributed by atoms with Crippen LogP contribution in [-0.2, 0) is 9.53 Å². The molecule has 0 aliphatic carbocycles. The zero-order chi connectivity index (χ0) is 17.5. The van der Waals surface area contributed by atoms with Crippen LogP contribution in [0, 0.1) is 6.92 Å². The predicted octanol–water partition coefficient (Wildman–Crippen LogP) is 3.28. The van der Waals surface area contributed by atoms with Gasteiger partial charge in [-0.05, 0) is 45.4 Å². The van der Waals surface area contributed by atoms with Gasteiger partial charge in [0.2, 0.25) is 5.91 Å². The molecule has 1 aromatic carbocycles. The topological polar surface area (TPSA) is 79.5 Å². The van der Waals surface area contributed by atoms with E-state index < -0.39 is 11.7 Å². The highest BCUT2D eigenvalue weighted by molar-refractivity contribution is 5.91. The molecule has 0 saturated carbocycles. The number of nitrogens with one attached hydrogen (secondary N) is 3. The maximum atomic E-state index is 11.5. The SMILES string of the molecule is CCC(=O)Nc1ccc(C)c(NCCNC(=O)OC(C)(C)C)c1. The molecule has 0 unspecified atom stereocenters.